The first-order chi connectivity index (χ1) is 9.08. The van der Waals surface area contributed by atoms with E-state index >= 15 is 0 Å². The molecule has 1 fully saturated rings. The third-order valence-corrected chi connectivity index (χ3v) is 3.23. The monoisotopic (exact) mass is 264 g/mol. The minimum Gasteiger partial charge on any atom is -0.481 e. The van der Waals surface area contributed by atoms with E-state index < -0.39 is 5.97 Å². The van der Waals surface area contributed by atoms with Crippen LogP contribution in [0.1, 0.15) is 32.0 Å². The van der Waals surface area contributed by atoms with Crippen LogP contribution in [0.2, 0.25) is 0 Å². The van der Waals surface area contributed by atoms with Crippen molar-refractivity contribution in [2.75, 3.05) is 17.2 Å². The summed E-state index contributed by atoms with van der Waals surface area (Å²) in [6.45, 7) is 4.82. The smallest absolute Gasteiger partial charge is 0.306 e. The molecule has 1 aliphatic carbocycles. The minimum absolute atomic E-state index is 0.203. The van der Waals surface area contributed by atoms with Crippen LogP contribution in [0, 0.1) is 12.8 Å². The molecule has 104 valence electrons. The van der Waals surface area contributed by atoms with Gasteiger partial charge in [0.15, 0.2) is 0 Å². The largest absolute Gasteiger partial charge is 0.481 e. The number of anilines is 2. The Hall–Kier alpha value is -1.85. The Morgan fingerprint density at radius 3 is 2.74 bits per heavy atom. The zero-order valence-electron chi connectivity index (χ0n) is 11.3. The molecule has 1 aliphatic rings. The van der Waals surface area contributed by atoms with Crippen molar-refractivity contribution in [1.82, 2.24) is 9.97 Å². The second kappa shape index (κ2) is 5.86. The zero-order valence-corrected chi connectivity index (χ0v) is 11.3. The van der Waals surface area contributed by atoms with Crippen LogP contribution in [0.5, 0.6) is 0 Å². The predicted molar refractivity (Wildman–Crippen MR) is 73.3 cm³/mol. The van der Waals surface area contributed by atoms with Crippen molar-refractivity contribution in [3.05, 3.63) is 11.9 Å². The van der Waals surface area contributed by atoms with Gasteiger partial charge < -0.3 is 15.7 Å². The molecule has 0 unspecified atom stereocenters. The number of aryl methyl sites for hydroxylation is 1. The van der Waals surface area contributed by atoms with Gasteiger partial charge in [-0.3, -0.25) is 4.79 Å². The lowest BCUT2D eigenvalue weighted by molar-refractivity contribution is -0.144. The number of nitrogens with one attached hydrogen (secondary N) is 2. The molecule has 1 aromatic rings. The molecule has 0 bridgehead atoms. The summed E-state index contributed by atoms with van der Waals surface area (Å²) in [6.07, 6.45) is 2.36. The maximum atomic E-state index is 10.7. The summed E-state index contributed by atoms with van der Waals surface area (Å²) in [6, 6.07) is 2.07. The average Bonchev–Trinajstić information content (AvgIpc) is 2.29. The molecule has 0 spiro atoms. The second-order valence-corrected chi connectivity index (χ2v) is 4.96. The van der Waals surface area contributed by atoms with Gasteiger partial charge in [0.2, 0.25) is 0 Å². The van der Waals surface area contributed by atoms with Gasteiger partial charge in [0.25, 0.3) is 0 Å². The molecule has 6 heteroatoms. The predicted octanol–water partition coefficient (Wildman–Crippen LogP) is 1.88. The quantitative estimate of drug-likeness (QED) is 0.727. The molecule has 0 radical (unpaired) electrons. The average molecular weight is 264 g/mol. The SMILES string of the molecule is CCCNc1cc(NC2CC(C(=O)O)C2)nc(C)n1. The first-order valence-corrected chi connectivity index (χ1v) is 6.67. The maximum Gasteiger partial charge on any atom is 0.306 e. The topological polar surface area (TPSA) is 87.1 Å². The standard InChI is InChI=1S/C13H20N4O2/c1-3-4-14-11-7-12(16-8(2)15-11)17-10-5-9(6-10)13(18)19/h7,9-10H,3-6H2,1-2H3,(H,18,19)(H2,14,15,16,17). The van der Waals surface area contributed by atoms with E-state index in [0.717, 1.165) is 24.6 Å². The van der Waals surface area contributed by atoms with E-state index in [0.29, 0.717) is 18.7 Å². The molecular weight excluding hydrogens is 244 g/mol. The number of aromatic nitrogens is 2. The molecule has 0 aliphatic heterocycles. The highest BCUT2D eigenvalue weighted by Gasteiger charge is 2.34. The molecule has 6 nitrogen and oxygen atoms in total. The van der Waals surface area contributed by atoms with E-state index in [9.17, 15) is 4.79 Å². The van der Waals surface area contributed by atoms with Crippen molar-refractivity contribution in [3.8, 4) is 0 Å². The first-order valence-electron chi connectivity index (χ1n) is 6.67. The van der Waals surface area contributed by atoms with E-state index in [-0.39, 0.29) is 12.0 Å². The van der Waals surface area contributed by atoms with Gasteiger partial charge >= 0.3 is 5.97 Å². The van der Waals surface area contributed by atoms with Gasteiger partial charge in [0.05, 0.1) is 5.92 Å². The Morgan fingerprint density at radius 2 is 2.11 bits per heavy atom. The van der Waals surface area contributed by atoms with Gasteiger partial charge in [0, 0.05) is 18.7 Å². The molecule has 0 atom stereocenters. The second-order valence-electron chi connectivity index (χ2n) is 4.96. The Morgan fingerprint density at radius 1 is 1.42 bits per heavy atom. The Bertz CT molecular complexity index is 458. The van der Waals surface area contributed by atoms with Crippen LogP contribution in [-0.2, 0) is 4.79 Å². The number of hydrogen-bond donors (Lipinski definition) is 3. The Labute approximate surface area is 112 Å². The number of aliphatic carboxylic acids is 1. The van der Waals surface area contributed by atoms with Gasteiger partial charge in [-0.1, -0.05) is 6.92 Å². The van der Waals surface area contributed by atoms with Gasteiger partial charge in [-0.25, -0.2) is 9.97 Å². The number of nitrogens with zero attached hydrogens (tertiary/aromatic N) is 2. The number of hydrogen-bond acceptors (Lipinski definition) is 5. The van der Waals surface area contributed by atoms with Crippen LogP contribution in [0.3, 0.4) is 0 Å². The van der Waals surface area contributed by atoms with Crippen molar-refractivity contribution < 1.29 is 9.90 Å². The van der Waals surface area contributed by atoms with Crippen LogP contribution in [0.15, 0.2) is 6.07 Å². The normalized spacial score (nSPS) is 21.6. The molecule has 0 aromatic carbocycles. The van der Waals surface area contributed by atoms with E-state index in [2.05, 4.69) is 27.5 Å². The van der Waals surface area contributed by atoms with E-state index in [1.165, 1.54) is 0 Å². The molecule has 3 N–H and O–H groups in total. The highest BCUT2D eigenvalue weighted by atomic mass is 16.4. The number of rotatable bonds is 6. The molecule has 1 aromatic heterocycles. The zero-order chi connectivity index (χ0) is 13.8. The molecule has 1 saturated carbocycles. The van der Waals surface area contributed by atoms with E-state index in [4.69, 9.17) is 5.11 Å². The van der Waals surface area contributed by atoms with Crippen LogP contribution in [-0.4, -0.2) is 33.6 Å². The summed E-state index contributed by atoms with van der Waals surface area (Å²) >= 11 is 0. The lowest BCUT2D eigenvalue weighted by Gasteiger charge is -2.33. The van der Waals surface area contributed by atoms with Crippen LogP contribution in [0.25, 0.3) is 0 Å². The molecule has 0 saturated heterocycles. The summed E-state index contributed by atoms with van der Waals surface area (Å²) in [5.41, 5.74) is 0. The van der Waals surface area contributed by atoms with Crippen molar-refractivity contribution >= 4 is 17.6 Å². The van der Waals surface area contributed by atoms with E-state index in [1.807, 2.05) is 13.0 Å². The van der Waals surface area contributed by atoms with Gasteiger partial charge in [0.1, 0.15) is 17.5 Å². The number of carboxylic acid groups (broad SMARTS) is 1. The van der Waals surface area contributed by atoms with Gasteiger partial charge in [-0.15, -0.1) is 0 Å². The highest BCUT2D eigenvalue weighted by Crippen LogP contribution is 2.30. The summed E-state index contributed by atoms with van der Waals surface area (Å²) < 4.78 is 0. The van der Waals surface area contributed by atoms with Crippen molar-refractivity contribution in [1.29, 1.82) is 0 Å². The summed E-state index contributed by atoms with van der Waals surface area (Å²) in [7, 11) is 0. The van der Waals surface area contributed by atoms with Crippen LogP contribution in [0.4, 0.5) is 11.6 Å². The Kier molecular flexibility index (Phi) is 4.19. The van der Waals surface area contributed by atoms with Crippen molar-refractivity contribution in [2.24, 2.45) is 5.92 Å². The van der Waals surface area contributed by atoms with Gasteiger partial charge in [-0.2, -0.15) is 0 Å². The number of carboxylic acids is 1. The fourth-order valence-corrected chi connectivity index (χ4v) is 2.13. The molecule has 0 amide bonds. The lowest BCUT2D eigenvalue weighted by atomic mass is 9.80. The molecule has 1 heterocycles. The third-order valence-electron chi connectivity index (χ3n) is 3.23. The first kappa shape index (κ1) is 13.6. The fourth-order valence-electron chi connectivity index (χ4n) is 2.13. The molecule has 2 rings (SSSR count). The Balaban J connectivity index is 1.93. The van der Waals surface area contributed by atoms with Crippen LogP contribution >= 0.6 is 0 Å². The summed E-state index contributed by atoms with van der Waals surface area (Å²) in [5.74, 6) is 1.36. The maximum absolute atomic E-state index is 10.7. The third kappa shape index (κ3) is 3.56. The highest BCUT2D eigenvalue weighted by molar-refractivity contribution is 5.71. The lowest BCUT2D eigenvalue weighted by Crippen LogP contribution is -2.39. The number of carbonyl (C=O) groups is 1. The molecular formula is C13H20N4O2. The summed E-state index contributed by atoms with van der Waals surface area (Å²) in [4.78, 5) is 19.4. The summed E-state index contributed by atoms with van der Waals surface area (Å²) in [5, 5.41) is 15.3. The van der Waals surface area contributed by atoms with Crippen LogP contribution < -0.4 is 10.6 Å². The van der Waals surface area contributed by atoms with Gasteiger partial charge in [-0.05, 0) is 26.2 Å². The fraction of sp³-hybridized carbons (Fsp3) is 0.615. The van der Waals surface area contributed by atoms with Crippen molar-refractivity contribution in [2.45, 2.75) is 39.2 Å². The van der Waals surface area contributed by atoms with Crippen molar-refractivity contribution in [3.63, 3.8) is 0 Å². The van der Waals surface area contributed by atoms with E-state index in [1.54, 1.807) is 0 Å². The molecule has 19 heavy (non-hydrogen) atoms. The minimum atomic E-state index is -0.706.